The third kappa shape index (κ3) is 2.81. The molecule has 1 atom stereocenters. The first kappa shape index (κ1) is 14.8. The Bertz CT molecular complexity index is 644. The molecule has 0 saturated heterocycles. The van der Waals surface area contributed by atoms with Crippen molar-refractivity contribution in [1.29, 1.82) is 0 Å². The summed E-state index contributed by atoms with van der Waals surface area (Å²) in [6.07, 6.45) is 4.95. The number of benzene rings is 2. The molecule has 1 aliphatic rings. The van der Waals surface area contributed by atoms with Crippen LogP contribution in [0.3, 0.4) is 0 Å². The minimum Gasteiger partial charge on any atom is -0.0918 e. The zero-order valence-electron chi connectivity index (χ0n) is 13.0. The van der Waals surface area contributed by atoms with E-state index in [1.54, 1.807) is 11.1 Å². The molecule has 1 heteroatoms. The van der Waals surface area contributed by atoms with Gasteiger partial charge in [0.1, 0.15) is 0 Å². The standard InChI is InChI=1S/C20H23Br/c1-15-9-10-17(12-16(15)2)13-20(14-21)11-5-7-18-6-3-4-8-19(18)20/h3-4,6,8-10,12H,5,7,11,13-14H2,1-2H3. The molecule has 3 rings (SSSR count). The average molecular weight is 343 g/mol. The molecule has 0 fully saturated rings. The quantitative estimate of drug-likeness (QED) is 0.644. The molecule has 1 unspecified atom stereocenters. The summed E-state index contributed by atoms with van der Waals surface area (Å²) >= 11 is 3.83. The molecule has 2 aromatic carbocycles. The first-order valence-corrected chi connectivity index (χ1v) is 8.97. The van der Waals surface area contributed by atoms with Crippen molar-refractivity contribution in [3.63, 3.8) is 0 Å². The molecule has 1 aliphatic carbocycles. The maximum Gasteiger partial charge on any atom is 0.0132 e. The van der Waals surface area contributed by atoms with E-state index in [0.717, 1.165) is 11.8 Å². The van der Waals surface area contributed by atoms with E-state index in [4.69, 9.17) is 0 Å². The fraction of sp³-hybridized carbons (Fsp3) is 0.400. The van der Waals surface area contributed by atoms with E-state index in [-0.39, 0.29) is 5.41 Å². The summed E-state index contributed by atoms with van der Waals surface area (Å²) in [4.78, 5) is 0. The molecule has 21 heavy (non-hydrogen) atoms. The zero-order chi connectivity index (χ0) is 14.9. The topological polar surface area (TPSA) is 0 Å². The molecule has 0 bridgehead atoms. The van der Waals surface area contributed by atoms with Crippen molar-refractivity contribution in [2.24, 2.45) is 0 Å². The van der Waals surface area contributed by atoms with Gasteiger partial charge in [0.25, 0.3) is 0 Å². The van der Waals surface area contributed by atoms with E-state index in [2.05, 4.69) is 72.2 Å². The van der Waals surface area contributed by atoms with Gasteiger partial charge in [0.05, 0.1) is 0 Å². The van der Waals surface area contributed by atoms with E-state index in [9.17, 15) is 0 Å². The summed E-state index contributed by atoms with van der Waals surface area (Å²) in [7, 11) is 0. The smallest absolute Gasteiger partial charge is 0.0132 e. The van der Waals surface area contributed by atoms with Crippen LogP contribution in [0.25, 0.3) is 0 Å². The first-order valence-electron chi connectivity index (χ1n) is 7.85. The van der Waals surface area contributed by atoms with Gasteiger partial charge in [0.15, 0.2) is 0 Å². The molecule has 0 heterocycles. The van der Waals surface area contributed by atoms with Crippen LogP contribution in [0.1, 0.15) is 40.7 Å². The Kier molecular flexibility index (Phi) is 4.21. The van der Waals surface area contributed by atoms with Crippen molar-refractivity contribution in [2.75, 3.05) is 5.33 Å². The molecule has 0 saturated carbocycles. The number of alkyl halides is 1. The highest BCUT2D eigenvalue weighted by Gasteiger charge is 2.35. The van der Waals surface area contributed by atoms with Crippen molar-refractivity contribution >= 4 is 15.9 Å². The Hall–Kier alpha value is -1.08. The van der Waals surface area contributed by atoms with Crippen LogP contribution < -0.4 is 0 Å². The van der Waals surface area contributed by atoms with Gasteiger partial charge in [-0.05, 0) is 67.3 Å². The predicted octanol–water partition coefficient (Wildman–Crippen LogP) is 5.52. The van der Waals surface area contributed by atoms with Gasteiger partial charge in [-0.1, -0.05) is 58.4 Å². The fourth-order valence-electron chi connectivity index (χ4n) is 3.68. The second kappa shape index (κ2) is 5.96. The lowest BCUT2D eigenvalue weighted by Gasteiger charge is -2.38. The van der Waals surface area contributed by atoms with Crippen molar-refractivity contribution in [1.82, 2.24) is 0 Å². The summed E-state index contributed by atoms with van der Waals surface area (Å²) < 4.78 is 0. The van der Waals surface area contributed by atoms with Gasteiger partial charge in [-0.2, -0.15) is 0 Å². The Labute approximate surface area is 136 Å². The monoisotopic (exact) mass is 342 g/mol. The third-order valence-electron chi connectivity index (χ3n) is 5.06. The van der Waals surface area contributed by atoms with Gasteiger partial charge in [0.2, 0.25) is 0 Å². The first-order chi connectivity index (χ1) is 10.1. The molecular formula is C20H23Br. The molecule has 0 nitrogen and oxygen atoms in total. The molecule has 0 radical (unpaired) electrons. The lowest BCUT2D eigenvalue weighted by Crippen LogP contribution is -2.35. The predicted molar refractivity (Wildman–Crippen MR) is 94.5 cm³/mol. The van der Waals surface area contributed by atoms with Crippen LogP contribution in [0.4, 0.5) is 0 Å². The van der Waals surface area contributed by atoms with E-state index in [1.807, 2.05) is 0 Å². The maximum absolute atomic E-state index is 3.83. The molecule has 110 valence electrons. The summed E-state index contributed by atoms with van der Waals surface area (Å²) in [5.41, 5.74) is 7.63. The highest BCUT2D eigenvalue weighted by Crippen LogP contribution is 2.41. The number of fused-ring (bicyclic) bond motifs is 1. The van der Waals surface area contributed by atoms with E-state index in [1.165, 1.54) is 36.0 Å². The lowest BCUT2D eigenvalue weighted by atomic mass is 9.68. The molecular weight excluding hydrogens is 320 g/mol. The largest absolute Gasteiger partial charge is 0.0918 e. The minimum atomic E-state index is 0.260. The Morgan fingerprint density at radius 1 is 1.05 bits per heavy atom. The van der Waals surface area contributed by atoms with Crippen molar-refractivity contribution in [3.8, 4) is 0 Å². The number of halogens is 1. The van der Waals surface area contributed by atoms with E-state index < -0.39 is 0 Å². The van der Waals surface area contributed by atoms with Gasteiger partial charge in [-0.3, -0.25) is 0 Å². The van der Waals surface area contributed by atoms with Crippen LogP contribution in [0.15, 0.2) is 42.5 Å². The second-order valence-electron chi connectivity index (χ2n) is 6.52. The summed E-state index contributed by atoms with van der Waals surface area (Å²) in [6, 6.07) is 16.0. The zero-order valence-corrected chi connectivity index (χ0v) is 14.5. The number of rotatable bonds is 3. The summed E-state index contributed by atoms with van der Waals surface area (Å²) in [5.74, 6) is 0. The van der Waals surface area contributed by atoms with E-state index in [0.29, 0.717) is 0 Å². The lowest BCUT2D eigenvalue weighted by molar-refractivity contribution is 0.401. The minimum absolute atomic E-state index is 0.260. The molecule has 0 amide bonds. The summed E-state index contributed by atoms with van der Waals surface area (Å²) in [5, 5.41) is 1.05. The van der Waals surface area contributed by atoms with Crippen LogP contribution in [-0.4, -0.2) is 5.33 Å². The fourth-order valence-corrected chi connectivity index (χ4v) is 4.46. The SMILES string of the molecule is Cc1ccc(CC2(CBr)CCCc3ccccc32)cc1C. The molecule has 0 aromatic heterocycles. The van der Waals surface area contributed by atoms with Crippen LogP contribution in [0.5, 0.6) is 0 Å². The molecule has 0 spiro atoms. The van der Waals surface area contributed by atoms with E-state index >= 15 is 0 Å². The normalized spacial score (nSPS) is 21.1. The Morgan fingerprint density at radius 3 is 2.62 bits per heavy atom. The maximum atomic E-state index is 3.83. The van der Waals surface area contributed by atoms with Gasteiger partial charge >= 0.3 is 0 Å². The molecule has 2 aromatic rings. The second-order valence-corrected chi connectivity index (χ2v) is 7.08. The van der Waals surface area contributed by atoms with Crippen LogP contribution in [0, 0.1) is 13.8 Å². The Balaban J connectivity index is 2.00. The van der Waals surface area contributed by atoms with Crippen molar-refractivity contribution in [3.05, 3.63) is 70.3 Å². The van der Waals surface area contributed by atoms with Crippen molar-refractivity contribution in [2.45, 2.75) is 44.9 Å². The number of hydrogen-bond donors (Lipinski definition) is 0. The van der Waals surface area contributed by atoms with Gasteiger partial charge in [-0.15, -0.1) is 0 Å². The van der Waals surface area contributed by atoms with Crippen molar-refractivity contribution < 1.29 is 0 Å². The van der Waals surface area contributed by atoms with Crippen LogP contribution in [-0.2, 0) is 18.3 Å². The van der Waals surface area contributed by atoms with Gasteiger partial charge < -0.3 is 0 Å². The van der Waals surface area contributed by atoms with Crippen LogP contribution in [0.2, 0.25) is 0 Å². The summed E-state index contributed by atoms with van der Waals surface area (Å²) in [6.45, 7) is 4.41. The highest BCUT2D eigenvalue weighted by atomic mass is 79.9. The van der Waals surface area contributed by atoms with Gasteiger partial charge in [-0.25, -0.2) is 0 Å². The highest BCUT2D eigenvalue weighted by molar-refractivity contribution is 9.09. The number of aryl methyl sites for hydroxylation is 3. The third-order valence-corrected chi connectivity index (χ3v) is 6.13. The average Bonchev–Trinajstić information content (AvgIpc) is 2.51. The molecule has 0 aliphatic heterocycles. The Morgan fingerprint density at radius 2 is 1.86 bits per heavy atom. The molecule has 0 N–H and O–H groups in total. The van der Waals surface area contributed by atoms with Gasteiger partial charge in [0, 0.05) is 10.7 Å². The number of hydrogen-bond acceptors (Lipinski definition) is 0. The van der Waals surface area contributed by atoms with Crippen LogP contribution >= 0.6 is 15.9 Å².